The van der Waals surface area contributed by atoms with E-state index in [0.29, 0.717) is 13.2 Å². The van der Waals surface area contributed by atoms with Crippen LogP contribution >= 0.6 is 24.0 Å². The summed E-state index contributed by atoms with van der Waals surface area (Å²) in [6.07, 6.45) is 0.892. The molecule has 0 aliphatic carbocycles. The number of para-hydroxylation sites is 1. The molecule has 0 bridgehead atoms. The molecular formula is C20H28IN3O2. The van der Waals surface area contributed by atoms with Crippen LogP contribution < -0.4 is 20.1 Å². The summed E-state index contributed by atoms with van der Waals surface area (Å²) in [7, 11) is 3.44. The van der Waals surface area contributed by atoms with Gasteiger partial charge in [-0.3, -0.25) is 4.99 Å². The minimum atomic E-state index is 0. The van der Waals surface area contributed by atoms with Crippen molar-refractivity contribution in [3.05, 3.63) is 59.7 Å². The monoisotopic (exact) mass is 469 g/mol. The number of hydrogen-bond acceptors (Lipinski definition) is 3. The topological polar surface area (TPSA) is 54.9 Å². The van der Waals surface area contributed by atoms with Crippen molar-refractivity contribution in [3.8, 4) is 11.5 Å². The van der Waals surface area contributed by atoms with Gasteiger partial charge in [0.1, 0.15) is 11.5 Å². The Morgan fingerprint density at radius 1 is 1.04 bits per heavy atom. The molecule has 0 saturated carbocycles. The third-order valence-corrected chi connectivity index (χ3v) is 3.77. The van der Waals surface area contributed by atoms with Crippen molar-refractivity contribution >= 4 is 29.9 Å². The molecule has 2 rings (SSSR count). The average molecular weight is 469 g/mol. The molecule has 0 saturated heterocycles. The number of guanidine groups is 1. The van der Waals surface area contributed by atoms with Gasteiger partial charge in [0.2, 0.25) is 0 Å². The molecule has 0 unspecified atom stereocenters. The van der Waals surface area contributed by atoms with Crippen LogP contribution in [-0.2, 0) is 6.54 Å². The van der Waals surface area contributed by atoms with E-state index in [4.69, 9.17) is 9.47 Å². The molecule has 0 spiro atoms. The third-order valence-electron chi connectivity index (χ3n) is 3.77. The van der Waals surface area contributed by atoms with Gasteiger partial charge in [-0.15, -0.1) is 24.0 Å². The smallest absolute Gasteiger partial charge is 0.191 e. The van der Waals surface area contributed by atoms with E-state index in [9.17, 15) is 0 Å². The zero-order valence-electron chi connectivity index (χ0n) is 15.6. The number of aliphatic imine (C=N–C) groups is 1. The molecule has 2 aromatic carbocycles. The second-order valence-corrected chi connectivity index (χ2v) is 5.68. The van der Waals surface area contributed by atoms with E-state index in [1.54, 1.807) is 14.2 Å². The number of nitrogens with zero attached hydrogens (tertiary/aromatic N) is 1. The van der Waals surface area contributed by atoms with E-state index in [2.05, 4.69) is 34.7 Å². The van der Waals surface area contributed by atoms with Gasteiger partial charge >= 0.3 is 0 Å². The molecule has 0 aliphatic heterocycles. The van der Waals surface area contributed by atoms with Gasteiger partial charge in [-0.1, -0.05) is 35.9 Å². The molecule has 0 heterocycles. The highest BCUT2D eigenvalue weighted by molar-refractivity contribution is 14.0. The molecule has 26 heavy (non-hydrogen) atoms. The molecule has 2 aromatic rings. The van der Waals surface area contributed by atoms with Gasteiger partial charge < -0.3 is 20.1 Å². The van der Waals surface area contributed by atoms with Gasteiger partial charge in [0, 0.05) is 25.7 Å². The lowest BCUT2D eigenvalue weighted by atomic mass is 10.2. The van der Waals surface area contributed by atoms with Crippen molar-refractivity contribution in [2.24, 2.45) is 4.99 Å². The van der Waals surface area contributed by atoms with Crippen molar-refractivity contribution in [2.45, 2.75) is 19.9 Å². The Hall–Kier alpha value is -1.96. The molecule has 6 heteroatoms. The van der Waals surface area contributed by atoms with Crippen LogP contribution in [0.5, 0.6) is 11.5 Å². The SMILES string of the molecule is CN=C(NCCCOc1ccc(C)cc1)NCc1ccccc1OC.I. The van der Waals surface area contributed by atoms with Gasteiger partial charge in [-0.2, -0.15) is 0 Å². The zero-order chi connectivity index (χ0) is 17.9. The predicted octanol–water partition coefficient (Wildman–Crippen LogP) is 3.76. The van der Waals surface area contributed by atoms with Crippen LogP contribution in [0.3, 0.4) is 0 Å². The predicted molar refractivity (Wildman–Crippen MR) is 118 cm³/mol. The van der Waals surface area contributed by atoms with E-state index in [-0.39, 0.29) is 24.0 Å². The molecular weight excluding hydrogens is 441 g/mol. The van der Waals surface area contributed by atoms with Crippen LogP contribution in [-0.4, -0.2) is 33.3 Å². The number of methoxy groups -OCH3 is 1. The fourth-order valence-electron chi connectivity index (χ4n) is 2.35. The maximum Gasteiger partial charge on any atom is 0.191 e. The standard InChI is InChI=1S/C20H27N3O2.HI/c1-16-9-11-18(12-10-16)25-14-6-13-22-20(21-2)23-15-17-7-4-5-8-19(17)24-3;/h4-5,7-12H,6,13-15H2,1-3H3,(H2,21,22,23);1H. The first-order chi connectivity index (χ1) is 12.2. The Kier molecular flexibility index (Phi) is 10.5. The molecule has 2 N–H and O–H groups in total. The second kappa shape index (κ2) is 12.4. The summed E-state index contributed by atoms with van der Waals surface area (Å²) in [6.45, 7) is 4.18. The van der Waals surface area contributed by atoms with E-state index < -0.39 is 0 Å². The fourth-order valence-corrected chi connectivity index (χ4v) is 2.35. The number of halogens is 1. The Balaban J connectivity index is 0.00000338. The Morgan fingerprint density at radius 2 is 1.77 bits per heavy atom. The summed E-state index contributed by atoms with van der Waals surface area (Å²) >= 11 is 0. The summed E-state index contributed by atoms with van der Waals surface area (Å²) in [4.78, 5) is 4.24. The number of rotatable bonds is 8. The first-order valence-electron chi connectivity index (χ1n) is 8.49. The lowest BCUT2D eigenvalue weighted by Gasteiger charge is -2.14. The highest BCUT2D eigenvalue weighted by Gasteiger charge is 2.03. The highest BCUT2D eigenvalue weighted by atomic mass is 127. The Morgan fingerprint density at radius 3 is 2.46 bits per heavy atom. The first kappa shape index (κ1) is 22.1. The van der Waals surface area contributed by atoms with Crippen LogP contribution in [0.1, 0.15) is 17.5 Å². The Labute approximate surface area is 173 Å². The summed E-state index contributed by atoms with van der Waals surface area (Å²) in [5.74, 6) is 2.54. The second-order valence-electron chi connectivity index (χ2n) is 5.68. The van der Waals surface area contributed by atoms with Gasteiger partial charge in [0.15, 0.2) is 5.96 Å². The fraction of sp³-hybridized carbons (Fsp3) is 0.350. The number of benzene rings is 2. The maximum absolute atomic E-state index is 5.72. The van der Waals surface area contributed by atoms with Crippen LogP contribution in [0.25, 0.3) is 0 Å². The maximum atomic E-state index is 5.72. The van der Waals surface area contributed by atoms with Crippen molar-refractivity contribution in [3.63, 3.8) is 0 Å². The first-order valence-corrected chi connectivity index (χ1v) is 8.49. The quantitative estimate of drug-likeness (QED) is 0.268. The molecule has 0 radical (unpaired) electrons. The van der Waals surface area contributed by atoms with Crippen molar-refractivity contribution in [1.29, 1.82) is 0 Å². The van der Waals surface area contributed by atoms with E-state index in [1.165, 1.54) is 5.56 Å². The van der Waals surface area contributed by atoms with Gasteiger partial charge in [-0.25, -0.2) is 0 Å². The lowest BCUT2D eigenvalue weighted by Crippen LogP contribution is -2.37. The molecule has 5 nitrogen and oxygen atoms in total. The van der Waals surface area contributed by atoms with Gasteiger partial charge in [0.25, 0.3) is 0 Å². The molecule has 0 amide bonds. The number of ether oxygens (including phenoxy) is 2. The molecule has 0 aromatic heterocycles. The third kappa shape index (κ3) is 7.51. The normalized spacial score (nSPS) is 10.7. The molecule has 142 valence electrons. The van der Waals surface area contributed by atoms with Crippen molar-refractivity contribution in [1.82, 2.24) is 10.6 Å². The minimum Gasteiger partial charge on any atom is -0.496 e. The average Bonchev–Trinajstić information content (AvgIpc) is 2.65. The number of aryl methyl sites for hydroxylation is 1. The van der Waals surface area contributed by atoms with Crippen LogP contribution in [0.2, 0.25) is 0 Å². The number of hydrogen-bond donors (Lipinski definition) is 2. The molecule has 0 aliphatic rings. The minimum absolute atomic E-state index is 0. The van der Waals surface area contributed by atoms with E-state index in [1.807, 2.05) is 36.4 Å². The van der Waals surface area contributed by atoms with Crippen LogP contribution in [0.4, 0.5) is 0 Å². The molecule has 0 atom stereocenters. The summed E-state index contributed by atoms with van der Waals surface area (Å²) in [6, 6.07) is 16.0. The summed E-state index contributed by atoms with van der Waals surface area (Å²) in [5.41, 5.74) is 2.33. The van der Waals surface area contributed by atoms with Crippen LogP contribution in [0, 0.1) is 6.92 Å². The molecule has 0 fully saturated rings. The summed E-state index contributed by atoms with van der Waals surface area (Å²) in [5, 5.41) is 6.58. The lowest BCUT2D eigenvalue weighted by molar-refractivity contribution is 0.311. The van der Waals surface area contributed by atoms with Crippen molar-refractivity contribution in [2.75, 3.05) is 27.3 Å². The van der Waals surface area contributed by atoms with Crippen LogP contribution in [0.15, 0.2) is 53.5 Å². The van der Waals surface area contributed by atoms with Gasteiger partial charge in [0.05, 0.1) is 13.7 Å². The van der Waals surface area contributed by atoms with E-state index >= 15 is 0 Å². The summed E-state index contributed by atoms with van der Waals surface area (Å²) < 4.78 is 11.1. The zero-order valence-corrected chi connectivity index (χ0v) is 17.9. The van der Waals surface area contributed by atoms with Gasteiger partial charge in [-0.05, 0) is 31.5 Å². The highest BCUT2D eigenvalue weighted by Crippen LogP contribution is 2.16. The largest absolute Gasteiger partial charge is 0.496 e. The Bertz CT molecular complexity index is 675. The van der Waals surface area contributed by atoms with Crippen molar-refractivity contribution < 1.29 is 9.47 Å². The number of nitrogens with one attached hydrogen (secondary N) is 2. The van der Waals surface area contributed by atoms with E-state index in [0.717, 1.165) is 36.0 Å².